The molecule has 1 saturated heterocycles. The van der Waals surface area contributed by atoms with Gasteiger partial charge in [0.05, 0.1) is 18.7 Å². The largest absolute Gasteiger partial charge is 0.500 e. The van der Waals surface area contributed by atoms with Gasteiger partial charge >= 0.3 is 7.12 Å². The summed E-state index contributed by atoms with van der Waals surface area (Å²) in [7, 11) is -1.31. The lowest BCUT2D eigenvalue weighted by molar-refractivity contribution is 0.365. The van der Waals surface area contributed by atoms with Crippen LogP contribution < -0.4 is 5.46 Å². The predicted molar refractivity (Wildman–Crippen MR) is 43.6 cm³/mol. The molecule has 0 atom stereocenters. The topological polar surface area (TPSA) is 18.5 Å². The minimum atomic E-state index is -1.73. The summed E-state index contributed by atoms with van der Waals surface area (Å²) in [4.78, 5) is 0. The van der Waals surface area contributed by atoms with Crippen molar-refractivity contribution in [1.29, 1.82) is 0 Å². The normalized spacial score (nSPS) is 16.1. The molecule has 0 spiro atoms. The summed E-state index contributed by atoms with van der Waals surface area (Å²) in [5, 5.41) is 0. The molecule has 2 rings (SSSR count). The quantitative estimate of drug-likeness (QED) is 0.304. The molecule has 0 amide bonds. The summed E-state index contributed by atoms with van der Waals surface area (Å²) in [6, 6.07) is 0.263. The number of benzene rings is 1. The Morgan fingerprint density at radius 2 is 1.53 bits per heavy atom. The molecule has 1 aromatic rings. The van der Waals surface area contributed by atoms with Crippen molar-refractivity contribution in [3.05, 3.63) is 29.3 Å². The summed E-state index contributed by atoms with van der Waals surface area (Å²) >= 11 is 0. The van der Waals surface area contributed by atoms with Crippen LogP contribution in [0, 0.1) is 23.3 Å². The highest BCUT2D eigenvalue weighted by Gasteiger charge is 2.35. The first-order valence-corrected chi connectivity index (χ1v) is 4.17. The number of halogens is 4. The second kappa shape index (κ2) is 3.82. The van der Waals surface area contributed by atoms with Gasteiger partial charge in [-0.1, -0.05) is 0 Å². The molecular formula is C8H5BF4O2. The van der Waals surface area contributed by atoms with Crippen LogP contribution in [0.3, 0.4) is 0 Å². The third kappa shape index (κ3) is 1.72. The minimum Gasteiger partial charge on any atom is -0.405 e. The van der Waals surface area contributed by atoms with Crippen LogP contribution in [0.1, 0.15) is 0 Å². The van der Waals surface area contributed by atoms with Gasteiger partial charge in [0, 0.05) is 6.07 Å². The lowest BCUT2D eigenvalue weighted by Crippen LogP contribution is -2.38. The van der Waals surface area contributed by atoms with E-state index in [4.69, 9.17) is 9.31 Å². The second-order valence-electron chi connectivity index (χ2n) is 2.96. The molecule has 1 fully saturated rings. The van der Waals surface area contributed by atoms with E-state index in [-0.39, 0.29) is 19.3 Å². The molecular weight excluding hydrogens is 215 g/mol. The lowest BCUT2D eigenvalue weighted by atomic mass is 9.78. The Hall–Kier alpha value is -1.08. The van der Waals surface area contributed by atoms with Crippen molar-refractivity contribution in [3.8, 4) is 0 Å². The Morgan fingerprint density at radius 3 is 2.13 bits per heavy atom. The Morgan fingerprint density at radius 1 is 0.933 bits per heavy atom. The standard InChI is InChI=1S/C8H5BF4O2/c10-4-3-5(11)7(12)8(13)6(4)9-14-1-2-15-9/h3H,1-2H2. The first-order chi connectivity index (χ1) is 7.11. The Labute approximate surface area is 82.9 Å². The molecule has 80 valence electrons. The second-order valence-corrected chi connectivity index (χ2v) is 2.96. The van der Waals surface area contributed by atoms with Gasteiger partial charge in [0.15, 0.2) is 17.5 Å². The van der Waals surface area contributed by atoms with E-state index in [1.807, 2.05) is 0 Å². The zero-order valence-electron chi connectivity index (χ0n) is 7.40. The van der Waals surface area contributed by atoms with E-state index >= 15 is 0 Å². The number of rotatable bonds is 1. The van der Waals surface area contributed by atoms with Crippen LogP contribution in [-0.2, 0) is 9.31 Å². The molecule has 1 aliphatic rings. The SMILES string of the molecule is Fc1cc(F)c(B2OCCO2)c(F)c1F. The first-order valence-electron chi connectivity index (χ1n) is 4.17. The summed E-state index contributed by atoms with van der Waals surface area (Å²) < 4.78 is 61.3. The van der Waals surface area contributed by atoms with Crippen LogP contribution in [-0.4, -0.2) is 20.3 Å². The monoisotopic (exact) mass is 220 g/mol. The molecule has 0 aliphatic carbocycles. The molecule has 0 aromatic heterocycles. The van der Waals surface area contributed by atoms with Gasteiger partial charge in [0.2, 0.25) is 0 Å². The number of hydrogen-bond donors (Lipinski definition) is 0. The van der Waals surface area contributed by atoms with Gasteiger partial charge in [0.1, 0.15) is 5.82 Å². The molecule has 15 heavy (non-hydrogen) atoms. The third-order valence-corrected chi connectivity index (χ3v) is 2.01. The van der Waals surface area contributed by atoms with Gasteiger partial charge < -0.3 is 9.31 Å². The van der Waals surface area contributed by atoms with Gasteiger partial charge in [0.25, 0.3) is 0 Å². The zero-order chi connectivity index (χ0) is 11.0. The van der Waals surface area contributed by atoms with Gasteiger partial charge in [-0.3, -0.25) is 0 Å². The van der Waals surface area contributed by atoms with Crippen molar-refractivity contribution >= 4 is 12.6 Å². The van der Waals surface area contributed by atoms with Crippen LogP contribution in [0.15, 0.2) is 6.07 Å². The number of hydrogen-bond acceptors (Lipinski definition) is 2. The molecule has 2 nitrogen and oxygen atoms in total. The molecule has 0 bridgehead atoms. The first kappa shape index (κ1) is 10.4. The van der Waals surface area contributed by atoms with Crippen LogP contribution >= 0.6 is 0 Å². The van der Waals surface area contributed by atoms with Crippen LogP contribution in [0.5, 0.6) is 0 Å². The molecule has 1 aromatic carbocycles. The van der Waals surface area contributed by atoms with Gasteiger partial charge in [-0.05, 0) is 0 Å². The smallest absolute Gasteiger partial charge is 0.405 e. The highest BCUT2D eigenvalue weighted by Crippen LogP contribution is 2.13. The Kier molecular flexibility index (Phi) is 2.66. The van der Waals surface area contributed by atoms with Crippen molar-refractivity contribution < 1.29 is 26.9 Å². The van der Waals surface area contributed by atoms with E-state index in [0.717, 1.165) is 0 Å². The highest BCUT2D eigenvalue weighted by molar-refractivity contribution is 6.61. The minimum absolute atomic E-state index is 0.155. The van der Waals surface area contributed by atoms with E-state index in [9.17, 15) is 17.6 Å². The lowest BCUT2D eigenvalue weighted by Gasteiger charge is -2.08. The Bertz CT molecular complexity index is 393. The van der Waals surface area contributed by atoms with Crippen molar-refractivity contribution in [2.75, 3.05) is 13.2 Å². The molecule has 1 heterocycles. The van der Waals surface area contributed by atoms with Crippen molar-refractivity contribution in [2.24, 2.45) is 0 Å². The van der Waals surface area contributed by atoms with E-state index in [1.54, 1.807) is 0 Å². The summed E-state index contributed by atoms with van der Waals surface area (Å²) in [5.41, 5.74) is -0.730. The molecule has 0 radical (unpaired) electrons. The van der Waals surface area contributed by atoms with Crippen LogP contribution in [0.2, 0.25) is 0 Å². The van der Waals surface area contributed by atoms with Gasteiger partial charge in [-0.25, -0.2) is 17.6 Å². The van der Waals surface area contributed by atoms with Crippen molar-refractivity contribution in [3.63, 3.8) is 0 Å². The Balaban J connectivity index is 2.50. The molecule has 7 heteroatoms. The maximum Gasteiger partial charge on any atom is 0.500 e. The fourth-order valence-corrected chi connectivity index (χ4v) is 1.32. The maximum absolute atomic E-state index is 13.2. The predicted octanol–water partition coefficient (Wildman–Crippen LogP) is 0.985. The molecule has 1 aliphatic heterocycles. The van der Waals surface area contributed by atoms with Crippen molar-refractivity contribution in [2.45, 2.75) is 0 Å². The van der Waals surface area contributed by atoms with E-state index in [0.29, 0.717) is 0 Å². The summed E-state index contributed by atoms with van der Waals surface area (Å²) in [5.74, 6) is -6.14. The van der Waals surface area contributed by atoms with E-state index < -0.39 is 35.9 Å². The van der Waals surface area contributed by atoms with E-state index in [1.165, 1.54) is 0 Å². The van der Waals surface area contributed by atoms with Crippen LogP contribution in [0.25, 0.3) is 0 Å². The average Bonchev–Trinajstić information content (AvgIpc) is 2.68. The van der Waals surface area contributed by atoms with Gasteiger partial charge in [-0.2, -0.15) is 0 Å². The maximum atomic E-state index is 13.2. The van der Waals surface area contributed by atoms with Crippen LogP contribution in [0.4, 0.5) is 17.6 Å². The third-order valence-electron chi connectivity index (χ3n) is 2.01. The molecule has 0 N–H and O–H groups in total. The summed E-state index contributed by atoms with van der Waals surface area (Å²) in [6.45, 7) is 0.311. The van der Waals surface area contributed by atoms with Gasteiger partial charge in [-0.15, -0.1) is 0 Å². The fourth-order valence-electron chi connectivity index (χ4n) is 1.32. The molecule has 0 saturated carbocycles. The zero-order valence-corrected chi connectivity index (χ0v) is 7.40. The van der Waals surface area contributed by atoms with Crippen molar-refractivity contribution in [1.82, 2.24) is 0 Å². The summed E-state index contributed by atoms with van der Waals surface area (Å²) in [6.07, 6.45) is 0. The molecule has 0 unspecified atom stereocenters. The fraction of sp³-hybridized carbons (Fsp3) is 0.250. The van der Waals surface area contributed by atoms with E-state index in [2.05, 4.69) is 0 Å². The average molecular weight is 220 g/mol. The highest BCUT2D eigenvalue weighted by atomic mass is 19.2.